The molecule has 0 aliphatic rings. The summed E-state index contributed by atoms with van der Waals surface area (Å²) in [4.78, 5) is 0. The Hall–Kier alpha value is -0.890. The smallest absolute Gasteiger partial charge is 0.156 e. The van der Waals surface area contributed by atoms with Gasteiger partial charge in [-0.05, 0) is 24.5 Å². The van der Waals surface area contributed by atoms with E-state index in [4.69, 9.17) is 5.11 Å². The van der Waals surface area contributed by atoms with Gasteiger partial charge in [-0.1, -0.05) is 37.6 Å². The number of halogens is 1. The van der Waals surface area contributed by atoms with Crippen molar-refractivity contribution in [2.24, 2.45) is 0 Å². The predicted octanol–water partition coefficient (Wildman–Crippen LogP) is 2.82. The van der Waals surface area contributed by atoms with E-state index in [1.54, 1.807) is 12.1 Å². The van der Waals surface area contributed by atoms with Crippen molar-refractivity contribution in [1.29, 1.82) is 0 Å². The van der Waals surface area contributed by atoms with Crippen LogP contribution in [0.1, 0.15) is 31.4 Å². The van der Waals surface area contributed by atoms with Crippen LogP contribution in [0.15, 0.2) is 24.3 Å². The number of hydrogen-bond acceptors (Lipinski definition) is 1. The largest absolute Gasteiger partial charge is 0.393 e. The molecule has 1 rings (SSSR count). The maximum Gasteiger partial charge on any atom is 0.156 e. The summed E-state index contributed by atoms with van der Waals surface area (Å²) in [5.74, 6) is 0. The molecule has 0 amide bonds. The van der Waals surface area contributed by atoms with E-state index in [0.29, 0.717) is 5.56 Å². The average molecular weight is 196 g/mol. The Morgan fingerprint density at radius 1 is 1.29 bits per heavy atom. The molecule has 0 saturated carbocycles. The van der Waals surface area contributed by atoms with Crippen LogP contribution in [-0.2, 0) is 12.1 Å². The third-order valence-electron chi connectivity index (χ3n) is 2.39. The van der Waals surface area contributed by atoms with Crippen LogP contribution in [0.25, 0.3) is 0 Å². The van der Waals surface area contributed by atoms with Gasteiger partial charge in [-0.2, -0.15) is 0 Å². The topological polar surface area (TPSA) is 20.2 Å². The monoisotopic (exact) mass is 196 g/mol. The Kier molecular flexibility index (Phi) is 3.64. The van der Waals surface area contributed by atoms with Gasteiger partial charge in [0.1, 0.15) is 0 Å². The van der Waals surface area contributed by atoms with E-state index in [0.717, 1.165) is 12.8 Å². The Labute approximate surface area is 84.6 Å². The van der Waals surface area contributed by atoms with Gasteiger partial charge in [-0.25, -0.2) is 4.39 Å². The number of aliphatic hydroxyl groups excluding tert-OH is 1. The zero-order chi connectivity index (χ0) is 10.6. The minimum Gasteiger partial charge on any atom is -0.393 e. The number of hydrogen-bond donors (Lipinski definition) is 1. The Bertz CT molecular complexity index is 277. The summed E-state index contributed by atoms with van der Waals surface area (Å²) in [7, 11) is 0. The van der Waals surface area contributed by atoms with Gasteiger partial charge in [0.25, 0.3) is 0 Å². The summed E-state index contributed by atoms with van der Waals surface area (Å²) < 4.78 is 13.6. The third-order valence-corrected chi connectivity index (χ3v) is 2.39. The molecule has 1 aromatic rings. The van der Waals surface area contributed by atoms with Crippen LogP contribution in [0.2, 0.25) is 0 Å². The maximum absolute atomic E-state index is 13.6. The summed E-state index contributed by atoms with van der Waals surface area (Å²) in [6.45, 7) is 3.03. The van der Waals surface area contributed by atoms with Crippen molar-refractivity contribution < 1.29 is 9.50 Å². The van der Waals surface area contributed by atoms with E-state index >= 15 is 0 Å². The van der Waals surface area contributed by atoms with Crippen molar-refractivity contribution >= 4 is 0 Å². The van der Waals surface area contributed by atoms with Gasteiger partial charge in [0.15, 0.2) is 5.67 Å². The van der Waals surface area contributed by atoms with E-state index < -0.39 is 12.3 Å². The standard InChI is InChI=1S/C12H17FO/c1-3-4-10-5-7-11(8-6-10)12(2,13)9-14/h5-8,14H,3-4,9H2,1-2H3. The molecule has 0 spiro atoms. The van der Waals surface area contributed by atoms with Gasteiger partial charge in [0, 0.05) is 0 Å². The summed E-state index contributed by atoms with van der Waals surface area (Å²) in [5.41, 5.74) is 0.134. The summed E-state index contributed by atoms with van der Waals surface area (Å²) in [6, 6.07) is 7.35. The number of benzene rings is 1. The van der Waals surface area contributed by atoms with Crippen molar-refractivity contribution in [2.75, 3.05) is 6.61 Å². The molecule has 0 aliphatic heterocycles. The van der Waals surface area contributed by atoms with Crippen LogP contribution < -0.4 is 0 Å². The molecule has 0 aliphatic carbocycles. The Morgan fingerprint density at radius 2 is 1.86 bits per heavy atom. The Balaban J connectivity index is 2.82. The van der Waals surface area contributed by atoms with Gasteiger partial charge in [0.2, 0.25) is 0 Å². The zero-order valence-corrected chi connectivity index (χ0v) is 8.76. The molecule has 1 aromatic carbocycles. The lowest BCUT2D eigenvalue weighted by atomic mass is 9.97. The van der Waals surface area contributed by atoms with Crippen molar-refractivity contribution in [1.82, 2.24) is 0 Å². The maximum atomic E-state index is 13.6. The molecule has 0 saturated heterocycles. The summed E-state index contributed by atoms with van der Waals surface area (Å²) >= 11 is 0. The van der Waals surface area contributed by atoms with E-state index in [9.17, 15) is 4.39 Å². The normalized spacial score (nSPS) is 15.1. The molecule has 0 aromatic heterocycles. The van der Waals surface area contributed by atoms with Gasteiger partial charge in [-0.3, -0.25) is 0 Å². The van der Waals surface area contributed by atoms with Gasteiger partial charge in [-0.15, -0.1) is 0 Å². The first-order valence-corrected chi connectivity index (χ1v) is 4.99. The molecule has 2 heteroatoms. The second kappa shape index (κ2) is 4.56. The lowest BCUT2D eigenvalue weighted by molar-refractivity contribution is 0.0868. The molecule has 0 fully saturated rings. The molecular weight excluding hydrogens is 179 g/mol. The first-order valence-electron chi connectivity index (χ1n) is 4.99. The van der Waals surface area contributed by atoms with E-state index in [-0.39, 0.29) is 0 Å². The molecule has 1 unspecified atom stereocenters. The van der Waals surface area contributed by atoms with Crippen molar-refractivity contribution in [3.8, 4) is 0 Å². The molecular formula is C12H17FO. The lowest BCUT2D eigenvalue weighted by Gasteiger charge is -2.17. The first-order chi connectivity index (χ1) is 6.60. The fraction of sp³-hybridized carbons (Fsp3) is 0.500. The molecule has 1 atom stereocenters. The van der Waals surface area contributed by atoms with Crippen LogP contribution in [-0.4, -0.2) is 11.7 Å². The van der Waals surface area contributed by atoms with E-state index in [1.807, 2.05) is 12.1 Å². The second-order valence-corrected chi connectivity index (χ2v) is 3.80. The molecule has 0 heterocycles. The average Bonchev–Trinajstić information content (AvgIpc) is 2.19. The van der Waals surface area contributed by atoms with Gasteiger partial charge >= 0.3 is 0 Å². The minimum absolute atomic E-state index is 0.472. The molecule has 78 valence electrons. The minimum atomic E-state index is -1.62. The van der Waals surface area contributed by atoms with Crippen LogP contribution in [0.5, 0.6) is 0 Å². The van der Waals surface area contributed by atoms with Gasteiger partial charge < -0.3 is 5.11 Å². The van der Waals surface area contributed by atoms with Gasteiger partial charge in [0.05, 0.1) is 6.61 Å². The highest BCUT2D eigenvalue weighted by Crippen LogP contribution is 2.24. The van der Waals surface area contributed by atoms with Crippen molar-refractivity contribution in [3.05, 3.63) is 35.4 Å². The van der Waals surface area contributed by atoms with E-state index in [2.05, 4.69) is 6.92 Å². The SMILES string of the molecule is CCCc1ccc(C(C)(F)CO)cc1. The summed E-state index contributed by atoms with van der Waals surface area (Å²) in [6.07, 6.45) is 2.11. The highest BCUT2D eigenvalue weighted by molar-refractivity contribution is 5.27. The predicted molar refractivity (Wildman–Crippen MR) is 56.0 cm³/mol. The molecule has 14 heavy (non-hydrogen) atoms. The lowest BCUT2D eigenvalue weighted by Crippen LogP contribution is -2.19. The Morgan fingerprint density at radius 3 is 2.29 bits per heavy atom. The number of alkyl halides is 1. The van der Waals surface area contributed by atoms with Crippen molar-refractivity contribution in [2.45, 2.75) is 32.4 Å². The number of aryl methyl sites for hydroxylation is 1. The highest BCUT2D eigenvalue weighted by Gasteiger charge is 2.24. The fourth-order valence-corrected chi connectivity index (χ4v) is 1.40. The van der Waals surface area contributed by atoms with E-state index in [1.165, 1.54) is 12.5 Å². The fourth-order valence-electron chi connectivity index (χ4n) is 1.40. The molecule has 1 N–H and O–H groups in total. The third kappa shape index (κ3) is 2.55. The number of aliphatic hydroxyl groups is 1. The highest BCUT2D eigenvalue weighted by atomic mass is 19.1. The number of rotatable bonds is 4. The zero-order valence-electron chi connectivity index (χ0n) is 8.76. The molecule has 0 bridgehead atoms. The first kappa shape index (κ1) is 11.2. The van der Waals surface area contributed by atoms with Crippen LogP contribution in [0.4, 0.5) is 4.39 Å². The molecule has 0 radical (unpaired) electrons. The van der Waals surface area contributed by atoms with Crippen LogP contribution in [0.3, 0.4) is 0 Å². The molecule has 1 nitrogen and oxygen atoms in total. The quantitative estimate of drug-likeness (QED) is 0.785. The summed E-state index contributed by atoms with van der Waals surface area (Å²) in [5, 5.41) is 8.85. The van der Waals surface area contributed by atoms with Crippen molar-refractivity contribution in [3.63, 3.8) is 0 Å². The van der Waals surface area contributed by atoms with Crippen LogP contribution >= 0.6 is 0 Å². The van der Waals surface area contributed by atoms with Crippen LogP contribution in [0, 0.1) is 0 Å². The second-order valence-electron chi connectivity index (χ2n) is 3.80.